The molecule has 0 aromatic heterocycles. The summed E-state index contributed by atoms with van der Waals surface area (Å²) >= 11 is 0. The number of amides is 1. The molecule has 4 nitrogen and oxygen atoms in total. The van der Waals surface area contributed by atoms with E-state index in [1.807, 2.05) is 25.7 Å². The Bertz CT molecular complexity index is 571. The molecule has 0 saturated heterocycles. The number of nitrogens with zero attached hydrogens (tertiary/aromatic N) is 1. The Balaban J connectivity index is 1.47. The number of hydrogen-bond donors (Lipinski definition) is 1. The minimum absolute atomic E-state index is 0.176. The first-order chi connectivity index (χ1) is 11.4. The molecular weight excluding hydrogens is 300 g/mol. The predicted molar refractivity (Wildman–Crippen MR) is 96.1 cm³/mol. The van der Waals surface area contributed by atoms with Crippen LogP contribution in [-0.2, 0) is 11.3 Å². The molecule has 132 valence electrons. The van der Waals surface area contributed by atoms with Gasteiger partial charge >= 0.3 is 6.09 Å². The highest BCUT2D eigenvalue weighted by atomic mass is 16.6. The van der Waals surface area contributed by atoms with Crippen molar-refractivity contribution in [1.82, 2.24) is 10.2 Å². The summed E-state index contributed by atoms with van der Waals surface area (Å²) in [7, 11) is 0. The Kier molecular flexibility index (Phi) is 5.14. The van der Waals surface area contributed by atoms with Crippen molar-refractivity contribution < 1.29 is 9.53 Å². The zero-order valence-corrected chi connectivity index (χ0v) is 15.2. The predicted octanol–water partition coefficient (Wildman–Crippen LogP) is 4.05. The van der Waals surface area contributed by atoms with Crippen LogP contribution in [0.15, 0.2) is 24.3 Å². The van der Waals surface area contributed by atoms with Gasteiger partial charge in [0.15, 0.2) is 0 Å². The molecule has 1 N–H and O–H groups in total. The Labute approximate surface area is 145 Å². The van der Waals surface area contributed by atoms with E-state index in [0.29, 0.717) is 12.6 Å². The van der Waals surface area contributed by atoms with E-state index in [0.717, 1.165) is 31.8 Å². The maximum Gasteiger partial charge on any atom is 0.410 e. The molecule has 1 amide bonds. The van der Waals surface area contributed by atoms with E-state index >= 15 is 0 Å². The van der Waals surface area contributed by atoms with Gasteiger partial charge < -0.3 is 15.0 Å². The third-order valence-corrected chi connectivity index (χ3v) is 4.53. The van der Waals surface area contributed by atoms with Gasteiger partial charge in [0.05, 0.1) is 0 Å². The maximum atomic E-state index is 12.3. The number of benzene rings is 1. The Morgan fingerprint density at radius 3 is 2.54 bits per heavy atom. The van der Waals surface area contributed by atoms with Gasteiger partial charge in [0.1, 0.15) is 5.60 Å². The van der Waals surface area contributed by atoms with Crippen molar-refractivity contribution in [3.05, 3.63) is 35.4 Å². The Morgan fingerprint density at radius 1 is 1.21 bits per heavy atom. The lowest BCUT2D eigenvalue weighted by atomic mass is 10.0. The normalized spacial score (nSPS) is 17.6. The van der Waals surface area contributed by atoms with Crippen LogP contribution in [-0.4, -0.2) is 35.7 Å². The lowest BCUT2D eigenvalue weighted by molar-refractivity contribution is 0.0236. The van der Waals surface area contributed by atoms with Crippen molar-refractivity contribution >= 4 is 6.09 Å². The van der Waals surface area contributed by atoms with E-state index in [1.165, 1.54) is 24.0 Å². The van der Waals surface area contributed by atoms with Gasteiger partial charge in [0.2, 0.25) is 0 Å². The van der Waals surface area contributed by atoms with Crippen molar-refractivity contribution in [3.8, 4) is 0 Å². The van der Waals surface area contributed by atoms with E-state index in [-0.39, 0.29) is 6.09 Å². The van der Waals surface area contributed by atoms with Gasteiger partial charge in [-0.25, -0.2) is 4.79 Å². The van der Waals surface area contributed by atoms with Gasteiger partial charge in [0, 0.05) is 25.7 Å². The molecule has 3 rings (SSSR count). The van der Waals surface area contributed by atoms with Crippen molar-refractivity contribution in [1.29, 1.82) is 0 Å². The van der Waals surface area contributed by atoms with Crippen molar-refractivity contribution in [2.75, 3.05) is 13.1 Å². The molecule has 0 spiro atoms. The molecule has 2 saturated carbocycles. The van der Waals surface area contributed by atoms with Crippen LogP contribution in [0.5, 0.6) is 0 Å². The second kappa shape index (κ2) is 7.14. The van der Waals surface area contributed by atoms with E-state index in [1.54, 1.807) is 0 Å². The highest BCUT2D eigenvalue weighted by Crippen LogP contribution is 2.41. The van der Waals surface area contributed by atoms with Crippen LogP contribution in [0.4, 0.5) is 4.79 Å². The number of nitrogens with one attached hydrogen (secondary N) is 1. The zero-order valence-electron chi connectivity index (χ0n) is 15.2. The van der Waals surface area contributed by atoms with E-state index in [2.05, 4.69) is 29.6 Å². The van der Waals surface area contributed by atoms with Crippen LogP contribution in [0.25, 0.3) is 0 Å². The van der Waals surface area contributed by atoms with Crippen LogP contribution in [0.1, 0.15) is 63.5 Å². The molecular formula is C20H30N2O2. The fraction of sp³-hybridized carbons (Fsp3) is 0.650. The number of carbonyl (C=O) groups is 1. The maximum absolute atomic E-state index is 12.3. The molecule has 24 heavy (non-hydrogen) atoms. The average molecular weight is 330 g/mol. The summed E-state index contributed by atoms with van der Waals surface area (Å²) < 4.78 is 5.53. The lowest BCUT2D eigenvalue weighted by Gasteiger charge is -2.27. The van der Waals surface area contributed by atoms with Crippen LogP contribution in [0.3, 0.4) is 0 Å². The highest BCUT2D eigenvalue weighted by Gasteiger charge is 2.34. The van der Waals surface area contributed by atoms with Gasteiger partial charge in [-0.2, -0.15) is 0 Å². The largest absolute Gasteiger partial charge is 0.444 e. The molecule has 2 aliphatic rings. The second-order valence-corrected chi connectivity index (χ2v) is 8.05. The SMILES string of the molecule is CC(C)(C)OC(=O)N(CCNCc1ccccc1C1CC1)C1CC1. The Morgan fingerprint density at radius 2 is 1.92 bits per heavy atom. The number of rotatable bonds is 7. The zero-order chi connectivity index (χ0) is 17.2. The van der Waals surface area contributed by atoms with E-state index < -0.39 is 5.60 Å². The first-order valence-corrected chi connectivity index (χ1v) is 9.22. The summed E-state index contributed by atoms with van der Waals surface area (Å²) in [6.07, 6.45) is 4.68. The van der Waals surface area contributed by atoms with Crippen LogP contribution in [0, 0.1) is 0 Å². The summed E-state index contributed by atoms with van der Waals surface area (Å²) in [5.41, 5.74) is 2.47. The summed E-state index contributed by atoms with van der Waals surface area (Å²) in [6.45, 7) is 8.15. The highest BCUT2D eigenvalue weighted by molar-refractivity contribution is 5.69. The molecule has 0 bridgehead atoms. The molecule has 1 aromatic carbocycles. The number of carbonyl (C=O) groups excluding carboxylic acids is 1. The molecule has 0 aliphatic heterocycles. The molecule has 0 heterocycles. The van der Waals surface area contributed by atoms with E-state index in [9.17, 15) is 4.79 Å². The quantitative estimate of drug-likeness (QED) is 0.767. The minimum Gasteiger partial charge on any atom is -0.444 e. The van der Waals surface area contributed by atoms with Crippen molar-refractivity contribution in [3.63, 3.8) is 0 Å². The van der Waals surface area contributed by atoms with Gasteiger partial charge in [-0.05, 0) is 63.5 Å². The summed E-state index contributed by atoms with van der Waals surface area (Å²) in [5.74, 6) is 0.771. The van der Waals surface area contributed by atoms with Gasteiger partial charge in [-0.1, -0.05) is 24.3 Å². The molecule has 4 heteroatoms. The first kappa shape index (κ1) is 17.3. The summed E-state index contributed by atoms with van der Waals surface area (Å²) in [5, 5.41) is 3.51. The standard InChI is InChI=1S/C20H30N2O2/c1-20(2,3)24-19(23)22(17-10-11-17)13-12-21-14-16-6-4-5-7-18(16)15-8-9-15/h4-7,15,17,21H,8-14H2,1-3H3. The van der Waals surface area contributed by atoms with Gasteiger partial charge in [0.25, 0.3) is 0 Å². The number of ether oxygens (including phenoxy) is 1. The summed E-state index contributed by atoms with van der Waals surface area (Å²) in [6, 6.07) is 9.09. The van der Waals surface area contributed by atoms with Crippen molar-refractivity contribution in [2.24, 2.45) is 0 Å². The Hall–Kier alpha value is -1.55. The van der Waals surface area contributed by atoms with Crippen LogP contribution >= 0.6 is 0 Å². The third-order valence-electron chi connectivity index (χ3n) is 4.53. The van der Waals surface area contributed by atoms with Gasteiger partial charge in [-0.15, -0.1) is 0 Å². The second-order valence-electron chi connectivity index (χ2n) is 8.05. The molecule has 2 aliphatic carbocycles. The molecule has 1 aromatic rings. The minimum atomic E-state index is -0.430. The third kappa shape index (κ3) is 4.97. The van der Waals surface area contributed by atoms with Crippen LogP contribution in [0.2, 0.25) is 0 Å². The van der Waals surface area contributed by atoms with Gasteiger partial charge in [-0.3, -0.25) is 0 Å². The molecule has 0 radical (unpaired) electrons. The van der Waals surface area contributed by atoms with E-state index in [4.69, 9.17) is 4.74 Å². The molecule has 2 fully saturated rings. The lowest BCUT2D eigenvalue weighted by Crippen LogP contribution is -2.41. The topological polar surface area (TPSA) is 41.6 Å². The first-order valence-electron chi connectivity index (χ1n) is 9.22. The number of hydrogen-bond acceptors (Lipinski definition) is 3. The van der Waals surface area contributed by atoms with Crippen LogP contribution < -0.4 is 5.32 Å². The fourth-order valence-electron chi connectivity index (χ4n) is 3.04. The smallest absolute Gasteiger partial charge is 0.410 e. The van der Waals surface area contributed by atoms with Crippen molar-refractivity contribution in [2.45, 2.75) is 70.6 Å². The average Bonchev–Trinajstić information content (AvgIpc) is 3.37. The summed E-state index contributed by atoms with van der Waals surface area (Å²) in [4.78, 5) is 14.2. The molecule has 0 unspecified atom stereocenters. The molecule has 0 atom stereocenters. The monoisotopic (exact) mass is 330 g/mol. The fourth-order valence-corrected chi connectivity index (χ4v) is 3.04.